The maximum atomic E-state index is 11.2. The third kappa shape index (κ3) is 1.67. The monoisotopic (exact) mass is 182 g/mol. The highest BCUT2D eigenvalue weighted by Crippen LogP contribution is 2.49. The predicted octanol–water partition coefficient (Wildman–Crippen LogP) is 0.339. The summed E-state index contributed by atoms with van der Waals surface area (Å²) in [6.07, 6.45) is 6.48. The highest BCUT2D eigenvalue weighted by molar-refractivity contribution is 4.94. The lowest BCUT2D eigenvalue weighted by Crippen LogP contribution is -2.22. The molecule has 1 aliphatic rings. The second-order valence-electron chi connectivity index (χ2n) is 3.87. The molecule has 4 heteroatoms. The van der Waals surface area contributed by atoms with Crippen LogP contribution in [0, 0.1) is 5.41 Å². The highest BCUT2D eigenvalue weighted by atomic mass is 16.3. The lowest BCUT2D eigenvalue weighted by molar-refractivity contribution is 0.235. The molecule has 1 saturated carbocycles. The number of H-pyrrole nitrogens is 1. The van der Waals surface area contributed by atoms with E-state index in [1.54, 1.807) is 17.0 Å². The van der Waals surface area contributed by atoms with Gasteiger partial charge in [0.2, 0.25) is 0 Å². The summed E-state index contributed by atoms with van der Waals surface area (Å²) in [6, 6.07) is 0. The number of aliphatic hydroxyl groups excluding tert-OH is 1. The van der Waals surface area contributed by atoms with Gasteiger partial charge in [0.05, 0.1) is 0 Å². The molecule has 1 heterocycles. The standard InChI is InChI=1S/C9H14N2O2/c12-6-3-9(1-2-9)7-11-5-4-10-8(11)13/h4-5,12H,1-3,6-7H2,(H,10,13). The molecular formula is C9H14N2O2. The second kappa shape index (κ2) is 3.03. The lowest BCUT2D eigenvalue weighted by atomic mass is 10.0. The van der Waals surface area contributed by atoms with Crippen LogP contribution in [-0.2, 0) is 6.54 Å². The lowest BCUT2D eigenvalue weighted by Gasteiger charge is -2.12. The number of aliphatic hydroxyl groups is 1. The maximum Gasteiger partial charge on any atom is 0.325 e. The number of rotatable bonds is 4. The second-order valence-corrected chi connectivity index (χ2v) is 3.87. The zero-order valence-electron chi connectivity index (χ0n) is 7.49. The summed E-state index contributed by atoms with van der Waals surface area (Å²) >= 11 is 0. The van der Waals surface area contributed by atoms with Gasteiger partial charge in [0.15, 0.2) is 0 Å². The van der Waals surface area contributed by atoms with Crippen LogP contribution in [-0.4, -0.2) is 21.3 Å². The van der Waals surface area contributed by atoms with Crippen molar-refractivity contribution in [2.45, 2.75) is 25.8 Å². The van der Waals surface area contributed by atoms with Crippen molar-refractivity contribution in [3.05, 3.63) is 22.9 Å². The number of imidazole rings is 1. The van der Waals surface area contributed by atoms with Crippen molar-refractivity contribution in [1.82, 2.24) is 9.55 Å². The number of aromatic nitrogens is 2. The zero-order chi connectivity index (χ0) is 9.31. The summed E-state index contributed by atoms with van der Waals surface area (Å²) < 4.78 is 1.68. The minimum Gasteiger partial charge on any atom is -0.396 e. The Labute approximate surface area is 76.2 Å². The van der Waals surface area contributed by atoms with Gasteiger partial charge in [-0.15, -0.1) is 0 Å². The predicted molar refractivity (Wildman–Crippen MR) is 48.4 cm³/mol. The van der Waals surface area contributed by atoms with Crippen molar-refractivity contribution >= 4 is 0 Å². The zero-order valence-corrected chi connectivity index (χ0v) is 7.49. The van der Waals surface area contributed by atoms with Crippen molar-refractivity contribution in [3.8, 4) is 0 Å². The summed E-state index contributed by atoms with van der Waals surface area (Å²) in [4.78, 5) is 13.8. The Morgan fingerprint density at radius 2 is 2.38 bits per heavy atom. The summed E-state index contributed by atoms with van der Waals surface area (Å²) in [7, 11) is 0. The molecule has 13 heavy (non-hydrogen) atoms. The average Bonchev–Trinajstić information content (AvgIpc) is 2.73. The Balaban J connectivity index is 2.06. The molecule has 0 radical (unpaired) electrons. The van der Waals surface area contributed by atoms with E-state index in [-0.39, 0.29) is 17.7 Å². The van der Waals surface area contributed by atoms with Crippen LogP contribution in [0.25, 0.3) is 0 Å². The highest BCUT2D eigenvalue weighted by Gasteiger charge is 2.42. The summed E-state index contributed by atoms with van der Waals surface area (Å²) in [6.45, 7) is 0.967. The third-order valence-corrected chi connectivity index (χ3v) is 2.83. The largest absolute Gasteiger partial charge is 0.396 e. The molecule has 1 aliphatic carbocycles. The SMILES string of the molecule is O=c1[nH]ccn1CC1(CCO)CC1. The fourth-order valence-corrected chi connectivity index (χ4v) is 1.74. The fraction of sp³-hybridized carbons (Fsp3) is 0.667. The topological polar surface area (TPSA) is 58.0 Å². The van der Waals surface area contributed by atoms with E-state index in [1.165, 1.54) is 0 Å². The van der Waals surface area contributed by atoms with Gasteiger partial charge in [-0.3, -0.25) is 4.57 Å². The Kier molecular flexibility index (Phi) is 2.00. The van der Waals surface area contributed by atoms with Gasteiger partial charge >= 0.3 is 5.69 Å². The molecule has 72 valence electrons. The van der Waals surface area contributed by atoms with Crippen LogP contribution < -0.4 is 5.69 Å². The molecule has 2 N–H and O–H groups in total. The number of hydrogen-bond donors (Lipinski definition) is 2. The van der Waals surface area contributed by atoms with Crippen molar-refractivity contribution in [2.75, 3.05) is 6.61 Å². The van der Waals surface area contributed by atoms with Gasteiger partial charge in [0.1, 0.15) is 0 Å². The molecule has 1 fully saturated rings. The van der Waals surface area contributed by atoms with Gasteiger partial charge in [-0.2, -0.15) is 0 Å². The van der Waals surface area contributed by atoms with Gasteiger partial charge < -0.3 is 10.1 Å². The molecule has 4 nitrogen and oxygen atoms in total. The number of aromatic amines is 1. The Morgan fingerprint density at radius 3 is 2.85 bits per heavy atom. The molecule has 0 spiro atoms. The van der Waals surface area contributed by atoms with E-state index in [0.29, 0.717) is 0 Å². The van der Waals surface area contributed by atoms with E-state index in [1.807, 2.05) is 0 Å². The van der Waals surface area contributed by atoms with Gasteiger partial charge in [0, 0.05) is 25.5 Å². The molecule has 0 saturated heterocycles. The van der Waals surface area contributed by atoms with Crippen LogP contribution in [0.5, 0.6) is 0 Å². The van der Waals surface area contributed by atoms with Crippen molar-refractivity contribution < 1.29 is 5.11 Å². The van der Waals surface area contributed by atoms with Gasteiger partial charge in [-0.25, -0.2) is 4.79 Å². The van der Waals surface area contributed by atoms with E-state index in [9.17, 15) is 4.79 Å². The van der Waals surface area contributed by atoms with Crippen molar-refractivity contribution in [3.63, 3.8) is 0 Å². The minimum atomic E-state index is -0.0517. The summed E-state index contributed by atoms with van der Waals surface area (Å²) in [5.41, 5.74) is 0.157. The molecule has 0 amide bonds. The first kappa shape index (κ1) is 8.56. The normalized spacial score (nSPS) is 18.8. The van der Waals surface area contributed by atoms with Gasteiger partial charge in [-0.1, -0.05) is 0 Å². The van der Waals surface area contributed by atoms with Crippen LogP contribution in [0.3, 0.4) is 0 Å². The smallest absolute Gasteiger partial charge is 0.325 e. The van der Waals surface area contributed by atoms with Gasteiger partial charge in [-0.05, 0) is 24.7 Å². The van der Waals surface area contributed by atoms with E-state index < -0.39 is 0 Å². The first-order chi connectivity index (χ1) is 6.26. The molecule has 0 unspecified atom stereocenters. The van der Waals surface area contributed by atoms with E-state index in [0.717, 1.165) is 25.8 Å². The molecule has 0 bridgehead atoms. The Morgan fingerprint density at radius 1 is 1.62 bits per heavy atom. The summed E-state index contributed by atoms with van der Waals surface area (Å²) in [5.74, 6) is 0. The summed E-state index contributed by atoms with van der Waals surface area (Å²) in [5, 5.41) is 8.84. The first-order valence-corrected chi connectivity index (χ1v) is 4.60. The minimum absolute atomic E-state index is 0.0517. The van der Waals surface area contributed by atoms with Crippen LogP contribution in [0.4, 0.5) is 0 Å². The Hall–Kier alpha value is -1.03. The van der Waals surface area contributed by atoms with Crippen LogP contribution in [0.1, 0.15) is 19.3 Å². The van der Waals surface area contributed by atoms with Crippen molar-refractivity contribution in [2.24, 2.45) is 5.41 Å². The molecule has 2 rings (SSSR count). The number of nitrogens with zero attached hydrogens (tertiary/aromatic N) is 1. The fourth-order valence-electron chi connectivity index (χ4n) is 1.74. The van der Waals surface area contributed by atoms with Gasteiger partial charge in [0.25, 0.3) is 0 Å². The number of nitrogens with one attached hydrogen (secondary N) is 1. The molecule has 0 atom stereocenters. The maximum absolute atomic E-state index is 11.2. The molecular weight excluding hydrogens is 168 g/mol. The third-order valence-electron chi connectivity index (χ3n) is 2.83. The first-order valence-electron chi connectivity index (χ1n) is 4.60. The molecule has 0 aliphatic heterocycles. The number of hydrogen-bond acceptors (Lipinski definition) is 2. The van der Waals surface area contributed by atoms with Crippen LogP contribution >= 0.6 is 0 Å². The molecule has 1 aromatic heterocycles. The van der Waals surface area contributed by atoms with Crippen LogP contribution in [0.2, 0.25) is 0 Å². The van der Waals surface area contributed by atoms with E-state index in [4.69, 9.17) is 5.11 Å². The van der Waals surface area contributed by atoms with E-state index in [2.05, 4.69) is 4.98 Å². The van der Waals surface area contributed by atoms with Crippen LogP contribution in [0.15, 0.2) is 17.2 Å². The van der Waals surface area contributed by atoms with Crippen molar-refractivity contribution in [1.29, 1.82) is 0 Å². The Bertz CT molecular complexity index is 335. The average molecular weight is 182 g/mol. The molecule has 1 aromatic rings. The van der Waals surface area contributed by atoms with E-state index >= 15 is 0 Å². The quantitative estimate of drug-likeness (QED) is 0.705. The molecule has 0 aromatic carbocycles.